The number of hydrogen-bond acceptors (Lipinski definition) is 2. The quantitative estimate of drug-likeness (QED) is 0.690. The Morgan fingerprint density at radius 2 is 2.18 bits per heavy atom. The monoisotopic (exact) mass is 174 g/mol. The van der Waals surface area contributed by atoms with Gasteiger partial charge in [-0.25, -0.2) is 0 Å². The van der Waals surface area contributed by atoms with Crippen molar-refractivity contribution in [2.45, 2.75) is 25.0 Å². The van der Waals surface area contributed by atoms with E-state index < -0.39 is 0 Å². The highest BCUT2D eigenvalue weighted by Crippen LogP contribution is 2.30. The summed E-state index contributed by atoms with van der Waals surface area (Å²) >= 11 is 0. The molecule has 3 nitrogen and oxygen atoms in total. The SMILES string of the molecule is Cl.OC1CC(n2cccn2)C1. The third-order valence-electron chi connectivity index (χ3n) is 1.99. The molecule has 0 aliphatic heterocycles. The molecule has 1 N–H and O–H groups in total. The van der Waals surface area contributed by atoms with Gasteiger partial charge in [-0.15, -0.1) is 12.4 Å². The summed E-state index contributed by atoms with van der Waals surface area (Å²) in [6.45, 7) is 0. The molecule has 1 aromatic rings. The summed E-state index contributed by atoms with van der Waals surface area (Å²) in [7, 11) is 0. The van der Waals surface area contributed by atoms with Gasteiger partial charge < -0.3 is 5.11 Å². The van der Waals surface area contributed by atoms with Crippen LogP contribution in [0.3, 0.4) is 0 Å². The van der Waals surface area contributed by atoms with Crippen LogP contribution in [0.4, 0.5) is 0 Å². The highest BCUT2D eigenvalue weighted by Gasteiger charge is 2.28. The molecule has 1 fully saturated rings. The van der Waals surface area contributed by atoms with E-state index in [2.05, 4.69) is 5.10 Å². The first-order valence-corrected chi connectivity index (χ1v) is 3.53. The van der Waals surface area contributed by atoms with Crippen LogP contribution in [-0.2, 0) is 0 Å². The van der Waals surface area contributed by atoms with E-state index in [1.807, 2.05) is 16.9 Å². The number of hydrogen-bond donors (Lipinski definition) is 1. The van der Waals surface area contributed by atoms with Crippen LogP contribution in [0.1, 0.15) is 18.9 Å². The van der Waals surface area contributed by atoms with Crippen molar-refractivity contribution in [3.63, 3.8) is 0 Å². The van der Waals surface area contributed by atoms with Crippen molar-refractivity contribution in [3.05, 3.63) is 18.5 Å². The second kappa shape index (κ2) is 3.24. The number of aliphatic hydroxyl groups excluding tert-OH is 1. The van der Waals surface area contributed by atoms with Crippen LogP contribution in [0.15, 0.2) is 18.5 Å². The van der Waals surface area contributed by atoms with Crippen molar-refractivity contribution in [2.75, 3.05) is 0 Å². The van der Waals surface area contributed by atoms with Crippen molar-refractivity contribution in [1.82, 2.24) is 9.78 Å². The molecule has 4 heteroatoms. The smallest absolute Gasteiger partial charge is 0.0581 e. The molecule has 0 amide bonds. The zero-order chi connectivity index (χ0) is 6.97. The minimum absolute atomic E-state index is 0. The van der Waals surface area contributed by atoms with Crippen LogP contribution >= 0.6 is 12.4 Å². The number of aliphatic hydroxyl groups is 1. The second-order valence-corrected chi connectivity index (χ2v) is 2.77. The molecular weight excluding hydrogens is 164 g/mol. The van der Waals surface area contributed by atoms with Gasteiger partial charge in [0.25, 0.3) is 0 Å². The van der Waals surface area contributed by atoms with E-state index in [9.17, 15) is 0 Å². The number of rotatable bonds is 1. The zero-order valence-corrected chi connectivity index (χ0v) is 6.87. The first-order chi connectivity index (χ1) is 4.86. The summed E-state index contributed by atoms with van der Waals surface area (Å²) < 4.78 is 1.91. The lowest BCUT2D eigenvalue weighted by Gasteiger charge is -2.31. The van der Waals surface area contributed by atoms with Gasteiger partial charge in [-0.1, -0.05) is 0 Å². The van der Waals surface area contributed by atoms with Crippen LogP contribution in [0.5, 0.6) is 0 Å². The Balaban J connectivity index is 0.000000605. The summed E-state index contributed by atoms with van der Waals surface area (Å²) in [6, 6.07) is 2.36. The van der Waals surface area contributed by atoms with Gasteiger partial charge in [0.1, 0.15) is 0 Å². The molecule has 1 aliphatic carbocycles. The van der Waals surface area contributed by atoms with E-state index in [4.69, 9.17) is 5.11 Å². The Morgan fingerprint density at radius 1 is 1.45 bits per heavy atom. The van der Waals surface area contributed by atoms with Crippen LogP contribution in [0.25, 0.3) is 0 Å². The van der Waals surface area contributed by atoms with E-state index in [1.54, 1.807) is 6.20 Å². The zero-order valence-electron chi connectivity index (χ0n) is 6.05. The third-order valence-corrected chi connectivity index (χ3v) is 1.99. The molecule has 0 atom stereocenters. The van der Waals surface area contributed by atoms with Gasteiger partial charge in [-0.05, 0) is 18.9 Å². The van der Waals surface area contributed by atoms with Crippen LogP contribution in [0.2, 0.25) is 0 Å². The largest absolute Gasteiger partial charge is 0.393 e. The molecule has 62 valence electrons. The highest BCUT2D eigenvalue weighted by molar-refractivity contribution is 5.85. The summed E-state index contributed by atoms with van der Waals surface area (Å²) in [5.74, 6) is 0. The van der Waals surface area contributed by atoms with Crippen LogP contribution in [-0.4, -0.2) is 21.0 Å². The molecule has 1 heterocycles. The van der Waals surface area contributed by atoms with Gasteiger partial charge in [0, 0.05) is 12.4 Å². The molecule has 0 saturated heterocycles. The molecule has 0 unspecified atom stereocenters. The molecule has 0 spiro atoms. The fourth-order valence-corrected chi connectivity index (χ4v) is 1.27. The van der Waals surface area contributed by atoms with Crippen LogP contribution in [0, 0.1) is 0 Å². The van der Waals surface area contributed by atoms with Crippen molar-refractivity contribution < 1.29 is 5.11 Å². The Bertz CT molecular complexity index is 206. The van der Waals surface area contributed by atoms with Gasteiger partial charge in [0.2, 0.25) is 0 Å². The topological polar surface area (TPSA) is 38.0 Å². The van der Waals surface area contributed by atoms with E-state index in [0.717, 1.165) is 12.8 Å². The van der Waals surface area contributed by atoms with E-state index in [1.165, 1.54) is 0 Å². The predicted octanol–water partition coefficient (Wildman–Crippen LogP) is 1.00. The first kappa shape index (κ1) is 8.56. The predicted molar refractivity (Wildman–Crippen MR) is 43.8 cm³/mol. The fraction of sp³-hybridized carbons (Fsp3) is 0.571. The van der Waals surface area contributed by atoms with Crippen molar-refractivity contribution >= 4 is 12.4 Å². The van der Waals surface area contributed by atoms with Crippen LogP contribution < -0.4 is 0 Å². The number of nitrogens with zero attached hydrogens (tertiary/aromatic N) is 2. The van der Waals surface area contributed by atoms with Crippen molar-refractivity contribution in [3.8, 4) is 0 Å². The summed E-state index contributed by atoms with van der Waals surface area (Å²) in [4.78, 5) is 0. The third kappa shape index (κ3) is 1.54. The normalized spacial score (nSPS) is 28.8. The maximum Gasteiger partial charge on any atom is 0.0581 e. The lowest BCUT2D eigenvalue weighted by molar-refractivity contribution is 0.0434. The Morgan fingerprint density at radius 3 is 2.64 bits per heavy atom. The Labute approximate surface area is 71.4 Å². The molecule has 2 rings (SSSR count). The van der Waals surface area contributed by atoms with Gasteiger partial charge in [-0.3, -0.25) is 4.68 Å². The van der Waals surface area contributed by atoms with E-state index in [-0.39, 0.29) is 18.5 Å². The maximum absolute atomic E-state index is 8.98. The average Bonchev–Trinajstić information content (AvgIpc) is 2.31. The molecule has 0 bridgehead atoms. The molecule has 0 aromatic carbocycles. The van der Waals surface area contributed by atoms with Gasteiger partial charge in [-0.2, -0.15) is 5.10 Å². The fourth-order valence-electron chi connectivity index (χ4n) is 1.27. The van der Waals surface area contributed by atoms with Gasteiger partial charge in [0.15, 0.2) is 0 Å². The molecule has 1 saturated carbocycles. The minimum Gasteiger partial charge on any atom is -0.393 e. The highest BCUT2D eigenvalue weighted by atomic mass is 35.5. The average molecular weight is 175 g/mol. The Kier molecular flexibility index (Phi) is 2.52. The van der Waals surface area contributed by atoms with Gasteiger partial charge in [0.05, 0.1) is 12.1 Å². The van der Waals surface area contributed by atoms with E-state index in [0.29, 0.717) is 6.04 Å². The second-order valence-electron chi connectivity index (χ2n) is 2.77. The molecule has 11 heavy (non-hydrogen) atoms. The summed E-state index contributed by atoms with van der Waals surface area (Å²) in [5.41, 5.74) is 0. The lowest BCUT2D eigenvalue weighted by atomic mass is 9.90. The standard InChI is InChI=1S/C7H10N2O.ClH/c10-7-4-6(5-7)9-3-1-2-8-9;/h1-3,6-7,10H,4-5H2;1H. The van der Waals surface area contributed by atoms with Crippen molar-refractivity contribution in [2.24, 2.45) is 0 Å². The van der Waals surface area contributed by atoms with E-state index >= 15 is 0 Å². The minimum atomic E-state index is -0.0887. The molecule has 0 radical (unpaired) electrons. The number of aromatic nitrogens is 2. The summed E-state index contributed by atoms with van der Waals surface area (Å²) in [6.07, 6.45) is 5.35. The summed E-state index contributed by atoms with van der Waals surface area (Å²) in [5, 5.41) is 13.1. The maximum atomic E-state index is 8.98. The molecule has 1 aliphatic rings. The number of halogens is 1. The lowest BCUT2D eigenvalue weighted by Crippen LogP contribution is -2.30. The molecular formula is C7H11ClN2O. The Hall–Kier alpha value is -0.540. The molecule has 1 aromatic heterocycles. The van der Waals surface area contributed by atoms with Crippen molar-refractivity contribution in [1.29, 1.82) is 0 Å². The van der Waals surface area contributed by atoms with Gasteiger partial charge >= 0.3 is 0 Å². The first-order valence-electron chi connectivity index (χ1n) is 3.53.